The van der Waals surface area contributed by atoms with Crippen molar-refractivity contribution >= 4 is 12.0 Å². The third-order valence-corrected chi connectivity index (χ3v) is 2.86. The van der Waals surface area contributed by atoms with Gasteiger partial charge in [-0.3, -0.25) is 0 Å². The van der Waals surface area contributed by atoms with Crippen molar-refractivity contribution in [3.63, 3.8) is 0 Å². The Balaban J connectivity index is 2.63. The fourth-order valence-corrected chi connectivity index (χ4v) is 2.10. The lowest BCUT2D eigenvalue weighted by molar-refractivity contribution is -0.139. The molecule has 1 rings (SSSR count). The number of rotatable bonds is 6. The van der Waals surface area contributed by atoms with Crippen molar-refractivity contribution in [2.24, 2.45) is 5.92 Å². The lowest BCUT2D eigenvalue weighted by Crippen LogP contribution is -2.44. The number of urea groups is 1. The van der Waals surface area contributed by atoms with Crippen LogP contribution in [0.3, 0.4) is 0 Å². The van der Waals surface area contributed by atoms with Crippen LogP contribution in [0, 0.1) is 5.92 Å². The van der Waals surface area contributed by atoms with Gasteiger partial charge < -0.3 is 15.7 Å². The first-order chi connectivity index (χ1) is 9.40. The van der Waals surface area contributed by atoms with E-state index in [9.17, 15) is 14.7 Å². The van der Waals surface area contributed by atoms with Crippen molar-refractivity contribution in [2.45, 2.75) is 39.3 Å². The molecule has 0 saturated heterocycles. The van der Waals surface area contributed by atoms with Crippen molar-refractivity contribution in [1.82, 2.24) is 10.6 Å². The number of nitrogens with one attached hydrogen (secondary N) is 2. The highest BCUT2D eigenvalue weighted by molar-refractivity contribution is 5.83. The van der Waals surface area contributed by atoms with Crippen molar-refractivity contribution in [1.29, 1.82) is 0 Å². The Kier molecular flexibility index (Phi) is 6.03. The van der Waals surface area contributed by atoms with E-state index < -0.39 is 18.0 Å². The van der Waals surface area contributed by atoms with Gasteiger partial charge in [0.25, 0.3) is 0 Å². The number of carbonyl (C=O) groups is 2. The Labute approximate surface area is 119 Å². The summed E-state index contributed by atoms with van der Waals surface area (Å²) < 4.78 is 0. The summed E-state index contributed by atoms with van der Waals surface area (Å²) in [6.07, 6.45) is 0.844. The number of hydrogen-bond donors (Lipinski definition) is 3. The number of carboxylic acids is 1. The second-order valence-electron chi connectivity index (χ2n) is 5.33. The molecule has 20 heavy (non-hydrogen) atoms. The Morgan fingerprint density at radius 1 is 1.10 bits per heavy atom. The predicted molar refractivity (Wildman–Crippen MR) is 77.4 cm³/mol. The van der Waals surface area contributed by atoms with Crippen LogP contribution in [0.4, 0.5) is 4.79 Å². The molecule has 0 aliphatic heterocycles. The second kappa shape index (κ2) is 7.53. The van der Waals surface area contributed by atoms with Crippen LogP contribution in [-0.2, 0) is 4.79 Å². The monoisotopic (exact) mass is 278 g/mol. The molecule has 5 nitrogen and oxygen atoms in total. The summed E-state index contributed by atoms with van der Waals surface area (Å²) >= 11 is 0. The van der Waals surface area contributed by atoms with Crippen LogP contribution in [0.15, 0.2) is 30.3 Å². The Bertz CT molecular complexity index is 446. The summed E-state index contributed by atoms with van der Waals surface area (Å²) in [5, 5.41) is 14.5. The molecule has 0 saturated carbocycles. The highest BCUT2D eigenvalue weighted by Gasteiger charge is 2.22. The van der Waals surface area contributed by atoms with Crippen LogP contribution in [0.2, 0.25) is 0 Å². The summed E-state index contributed by atoms with van der Waals surface area (Å²) in [6, 6.07) is 7.14. The predicted octanol–water partition coefficient (Wildman–Crippen LogP) is 2.55. The van der Waals surface area contributed by atoms with E-state index in [4.69, 9.17) is 0 Å². The number of carbonyl (C=O) groups excluding carboxylic acids is 1. The molecule has 0 heterocycles. The van der Waals surface area contributed by atoms with Crippen LogP contribution in [0.25, 0.3) is 0 Å². The second-order valence-corrected chi connectivity index (χ2v) is 5.33. The highest BCUT2D eigenvalue weighted by Crippen LogP contribution is 2.12. The lowest BCUT2D eigenvalue weighted by Gasteiger charge is -2.19. The van der Waals surface area contributed by atoms with E-state index in [0.717, 1.165) is 6.42 Å². The lowest BCUT2D eigenvalue weighted by atomic mass is 10.1. The van der Waals surface area contributed by atoms with E-state index in [-0.39, 0.29) is 6.04 Å². The third-order valence-electron chi connectivity index (χ3n) is 2.86. The number of aliphatic carboxylic acids is 1. The van der Waals surface area contributed by atoms with Crippen molar-refractivity contribution < 1.29 is 14.7 Å². The molecule has 1 aromatic carbocycles. The number of carboxylic acid groups (broad SMARTS) is 1. The van der Waals surface area contributed by atoms with Gasteiger partial charge in [-0.05, 0) is 24.8 Å². The van der Waals surface area contributed by atoms with E-state index in [1.54, 1.807) is 30.3 Å². The molecule has 0 aliphatic carbocycles. The summed E-state index contributed by atoms with van der Waals surface area (Å²) in [7, 11) is 0. The molecule has 0 radical (unpaired) electrons. The van der Waals surface area contributed by atoms with Gasteiger partial charge in [0.15, 0.2) is 6.04 Å². The molecule has 1 aromatic rings. The fraction of sp³-hybridized carbons (Fsp3) is 0.467. The van der Waals surface area contributed by atoms with Crippen molar-refractivity contribution in [3.8, 4) is 0 Å². The molecule has 0 fully saturated rings. The zero-order chi connectivity index (χ0) is 15.1. The summed E-state index contributed by atoms with van der Waals surface area (Å²) in [6.45, 7) is 6.04. The molecule has 2 amide bonds. The SMILES string of the molecule is CC(C)CC(C)NC(=O)N[C@H](C(=O)O)c1ccccc1. The standard InChI is InChI=1S/C15H22N2O3/c1-10(2)9-11(3)16-15(20)17-13(14(18)19)12-7-5-4-6-8-12/h4-8,10-11,13H,9H2,1-3H3,(H,18,19)(H2,16,17,20)/t11?,13-/m0/s1. The van der Waals surface area contributed by atoms with Crippen LogP contribution >= 0.6 is 0 Å². The van der Waals surface area contributed by atoms with Gasteiger partial charge in [0.2, 0.25) is 0 Å². The Morgan fingerprint density at radius 2 is 1.70 bits per heavy atom. The third kappa shape index (κ3) is 5.30. The van der Waals surface area contributed by atoms with E-state index in [2.05, 4.69) is 24.5 Å². The zero-order valence-electron chi connectivity index (χ0n) is 12.1. The quantitative estimate of drug-likeness (QED) is 0.748. The van der Waals surface area contributed by atoms with Gasteiger partial charge in [-0.1, -0.05) is 44.2 Å². The summed E-state index contributed by atoms with van der Waals surface area (Å²) in [5.41, 5.74) is 0.548. The van der Waals surface area contributed by atoms with Crippen LogP contribution in [0.5, 0.6) is 0 Å². The minimum Gasteiger partial charge on any atom is -0.479 e. The topological polar surface area (TPSA) is 78.4 Å². The summed E-state index contributed by atoms with van der Waals surface area (Å²) in [5.74, 6) is -0.613. The average Bonchev–Trinajstić information content (AvgIpc) is 2.35. The fourth-order valence-electron chi connectivity index (χ4n) is 2.10. The van der Waals surface area contributed by atoms with Gasteiger partial charge in [0.05, 0.1) is 0 Å². The first-order valence-corrected chi connectivity index (χ1v) is 6.75. The van der Waals surface area contributed by atoms with Gasteiger partial charge in [-0.2, -0.15) is 0 Å². The van der Waals surface area contributed by atoms with Crippen LogP contribution in [-0.4, -0.2) is 23.1 Å². The summed E-state index contributed by atoms with van der Waals surface area (Å²) in [4.78, 5) is 23.1. The van der Waals surface area contributed by atoms with E-state index >= 15 is 0 Å². The minimum atomic E-state index is -1.08. The molecular formula is C15H22N2O3. The van der Waals surface area contributed by atoms with E-state index in [0.29, 0.717) is 11.5 Å². The first kappa shape index (κ1) is 16.0. The molecule has 2 atom stereocenters. The largest absolute Gasteiger partial charge is 0.479 e. The maximum Gasteiger partial charge on any atom is 0.330 e. The van der Waals surface area contributed by atoms with Gasteiger partial charge in [0, 0.05) is 6.04 Å². The maximum absolute atomic E-state index is 11.8. The number of benzene rings is 1. The maximum atomic E-state index is 11.8. The zero-order valence-corrected chi connectivity index (χ0v) is 12.1. The molecule has 5 heteroatoms. The van der Waals surface area contributed by atoms with Gasteiger partial charge in [0.1, 0.15) is 0 Å². The van der Waals surface area contributed by atoms with Gasteiger partial charge >= 0.3 is 12.0 Å². The van der Waals surface area contributed by atoms with Gasteiger partial charge in [-0.25, -0.2) is 9.59 Å². The molecular weight excluding hydrogens is 256 g/mol. The smallest absolute Gasteiger partial charge is 0.330 e. The molecule has 0 bridgehead atoms. The molecule has 0 spiro atoms. The first-order valence-electron chi connectivity index (χ1n) is 6.75. The molecule has 110 valence electrons. The molecule has 0 aromatic heterocycles. The van der Waals surface area contributed by atoms with Crippen molar-refractivity contribution in [2.75, 3.05) is 0 Å². The molecule has 3 N–H and O–H groups in total. The number of amides is 2. The Hall–Kier alpha value is -2.04. The van der Waals surface area contributed by atoms with E-state index in [1.807, 2.05) is 6.92 Å². The van der Waals surface area contributed by atoms with E-state index in [1.165, 1.54) is 0 Å². The average molecular weight is 278 g/mol. The normalized spacial score (nSPS) is 13.6. The van der Waals surface area contributed by atoms with Crippen molar-refractivity contribution in [3.05, 3.63) is 35.9 Å². The van der Waals surface area contributed by atoms with Gasteiger partial charge in [-0.15, -0.1) is 0 Å². The van der Waals surface area contributed by atoms with Crippen LogP contribution < -0.4 is 10.6 Å². The molecule has 1 unspecified atom stereocenters. The molecule has 0 aliphatic rings. The highest BCUT2D eigenvalue weighted by atomic mass is 16.4. The number of hydrogen-bond acceptors (Lipinski definition) is 2. The Morgan fingerprint density at radius 3 is 2.20 bits per heavy atom. The minimum absolute atomic E-state index is 0.000202. The van der Waals surface area contributed by atoms with Crippen LogP contribution in [0.1, 0.15) is 38.8 Å².